The Kier molecular flexibility index (Phi) is 11.1. The van der Waals surface area contributed by atoms with E-state index < -0.39 is 18.2 Å². The Morgan fingerprint density at radius 1 is 1.23 bits per heavy atom. The summed E-state index contributed by atoms with van der Waals surface area (Å²) in [5.74, 6) is -0.980. The van der Waals surface area contributed by atoms with Crippen LogP contribution >= 0.6 is 0 Å². The van der Waals surface area contributed by atoms with Gasteiger partial charge in [0.05, 0.1) is 12.2 Å². The average molecular weight is 366 g/mol. The molecule has 1 aliphatic carbocycles. The highest BCUT2D eigenvalue weighted by molar-refractivity contribution is 5.98. The van der Waals surface area contributed by atoms with Crippen molar-refractivity contribution in [2.75, 3.05) is 0 Å². The van der Waals surface area contributed by atoms with Crippen LogP contribution in [0, 0.1) is 5.92 Å². The number of carbonyl (C=O) groups excluding carboxylic acids is 1. The fourth-order valence-electron chi connectivity index (χ4n) is 3.32. The molecule has 5 heteroatoms. The van der Waals surface area contributed by atoms with E-state index >= 15 is 0 Å². The Morgan fingerprint density at radius 3 is 2.69 bits per heavy atom. The number of carboxylic acids is 1. The van der Waals surface area contributed by atoms with Gasteiger partial charge in [0.1, 0.15) is 0 Å². The summed E-state index contributed by atoms with van der Waals surface area (Å²) in [5, 5.41) is 28.8. The molecule has 0 aromatic heterocycles. The highest BCUT2D eigenvalue weighted by atomic mass is 16.4. The van der Waals surface area contributed by atoms with Gasteiger partial charge >= 0.3 is 5.97 Å². The highest BCUT2D eigenvalue weighted by Crippen LogP contribution is 2.32. The summed E-state index contributed by atoms with van der Waals surface area (Å²) >= 11 is 0. The lowest BCUT2D eigenvalue weighted by Gasteiger charge is -2.14. The van der Waals surface area contributed by atoms with E-state index in [0.29, 0.717) is 24.8 Å². The quantitative estimate of drug-likeness (QED) is 0.262. The molecule has 3 N–H and O–H groups in total. The zero-order chi connectivity index (χ0) is 19.4. The van der Waals surface area contributed by atoms with Gasteiger partial charge in [-0.3, -0.25) is 9.59 Å². The maximum absolute atomic E-state index is 12.1. The number of rotatable bonds is 13. The van der Waals surface area contributed by atoms with Crippen LogP contribution in [-0.4, -0.2) is 39.3 Å². The van der Waals surface area contributed by atoms with Crippen molar-refractivity contribution >= 4 is 11.8 Å². The van der Waals surface area contributed by atoms with E-state index in [0.717, 1.165) is 38.5 Å². The van der Waals surface area contributed by atoms with Crippen molar-refractivity contribution in [3.63, 3.8) is 0 Å². The number of aliphatic carboxylic acids is 1. The van der Waals surface area contributed by atoms with Gasteiger partial charge in [0.25, 0.3) is 0 Å². The zero-order valence-electron chi connectivity index (χ0n) is 15.9. The van der Waals surface area contributed by atoms with Crippen molar-refractivity contribution in [3.8, 4) is 0 Å². The van der Waals surface area contributed by atoms with E-state index in [1.165, 1.54) is 0 Å². The van der Waals surface area contributed by atoms with Crippen LogP contribution in [0.2, 0.25) is 0 Å². The molecule has 3 unspecified atom stereocenters. The summed E-state index contributed by atoms with van der Waals surface area (Å²) in [4.78, 5) is 22.6. The third kappa shape index (κ3) is 8.77. The Morgan fingerprint density at radius 2 is 2.00 bits per heavy atom. The van der Waals surface area contributed by atoms with Crippen molar-refractivity contribution in [1.82, 2.24) is 0 Å². The largest absolute Gasteiger partial charge is 0.481 e. The van der Waals surface area contributed by atoms with Gasteiger partial charge in [-0.15, -0.1) is 0 Å². The predicted octanol–water partition coefficient (Wildman–Crippen LogP) is 3.79. The van der Waals surface area contributed by atoms with Crippen molar-refractivity contribution < 1.29 is 24.9 Å². The van der Waals surface area contributed by atoms with Gasteiger partial charge in [-0.05, 0) is 44.1 Å². The first kappa shape index (κ1) is 22.6. The third-order valence-electron chi connectivity index (χ3n) is 4.90. The number of hydrogen-bond acceptors (Lipinski definition) is 4. The van der Waals surface area contributed by atoms with Gasteiger partial charge in [-0.2, -0.15) is 0 Å². The van der Waals surface area contributed by atoms with Crippen LogP contribution in [0.3, 0.4) is 0 Å². The van der Waals surface area contributed by atoms with Crippen LogP contribution in [0.25, 0.3) is 0 Å². The Hall–Kier alpha value is -1.46. The number of Topliss-reactive ketones (excluding diaryl/α,β-unsaturated/α-hetero) is 1. The zero-order valence-corrected chi connectivity index (χ0v) is 15.9. The van der Waals surface area contributed by atoms with Crippen LogP contribution in [0.4, 0.5) is 0 Å². The molecule has 26 heavy (non-hydrogen) atoms. The molecule has 3 atom stereocenters. The lowest BCUT2D eigenvalue weighted by molar-refractivity contribution is -0.137. The lowest BCUT2D eigenvalue weighted by Crippen LogP contribution is -2.14. The van der Waals surface area contributed by atoms with E-state index in [1.807, 2.05) is 18.2 Å². The van der Waals surface area contributed by atoms with Gasteiger partial charge in [-0.25, -0.2) is 0 Å². The second-order valence-electron chi connectivity index (χ2n) is 7.19. The Labute approximate surface area is 156 Å². The van der Waals surface area contributed by atoms with E-state index in [9.17, 15) is 19.8 Å². The lowest BCUT2D eigenvalue weighted by atomic mass is 9.94. The van der Waals surface area contributed by atoms with E-state index in [-0.39, 0.29) is 24.5 Å². The molecule has 0 aromatic carbocycles. The van der Waals surface area contributed by atoms with Gasteiger partial charge in [0.2, 0.25) is 0 Å². The number of hydrogen-bond donors (Lipinski definition) is 3. The number of allylic oxidation sites excluding steroid dienone is 2. The molecular weight excluding hydrogens is 332 g/mol. The Balaban J connectivity index is 2.44. The maximum Gasteiger partial charge on any atom is 0.303 e. The van der Waals surface area contributed by atoms with Crippen molar-refractivity contribution in [1.29, 1.82) is 0 Å². The van der Waals surface area contributed by atoms with Crippen LogP contribution in [-0.2, 0) is 9.59 Å². The SMILES string of the molecule is CCCCCC(O)CC=C1C(=O)CC(O)C1CC=CCCCCC(=O)O. The standard InChI is InChI=1S/C21H34O5/c1-2-3-7-10-16(22)13-14-18-17(19(23)15-20(18)24)11-8-5-4-6-9-12-21(25)26/h5,8,14,16-17,19,22-23H,2-4,6-7,9-13,15H2,1H3,(H,25,26). The van der Waals surface area contributed by atoms with Crippen LogP contribution in [0.1, 0.15) is 77.6 Å². The van der Waals surface area contributed by atoms with Crippen LogP contribution in [0.15, 0.2) is 23.8 Å². The van der Waals surface area contributed by atoms with Crippen molar-refractivity contribution in [2.24, 2.45) is 5.92 Å². The van der Waals surface area contributed by atoms with Gasteiger partial charge < -0.3 is 15.3 Å². The summed E-state index contributed by atoms with van der Waals surface area (Å²) in [7, 11) is 0. The minimum Gasteiger partial charge on any atom is -0.481 e. The second kappa shape index (κ2) is 12.8. The molecule has 1 rings (SSSR count). The number of aliphatic hydroxyl groups is 2. The minimum atomic E-state index is -0.770. The molecule has 148 valence electrons. The van der Waals surface area contributed by atoms with Crippen LogP contribution in [0.5, 0.6) is 0 Å². The minimum absolute atomic E-state index is 0.0156. The summed E-state index contributed by atoms with van der Waals surface area (Å²) in [6.45, 7) is 2.12. The summed E-state index contributed by atoms with van der Waals surface area (Å²) < 4.78 is 0. The molecule has 0 amide bonds. The van der Waals surface area contributed by atoms with E-state index in [4.69, 9.17) is 5.11 Å². The molecule has 1 saturated carbocycles. The smallest absolute Gasteiger partial charge is 0.303 e. The summed E-state index contributed by atoms with van der Waals surface area (Å²) in [6.07, 6.45) is 12.4. The molecular formula is C21H34O5. The Bertz CT molecular complexity index is 495. The first-order valence-electron chi connectivity index (χ1n) is 9.91. The van der Waals surface area contributed by atoms with Gasteiger partial charge in [0, 0.05) is 18.8 Å². The van der Waals surface area contributed by atoms with Crippen LogP contribution < -0.4 is 0 Å². The monoisotopic (exact) mass is 366 g/mol. The number of carboxylic acid groups (broad SMARTS) is 1. The topological polar surface area (TPSA) is 94.8 Å². The van der Waals surface area contributed by atoms with Crippen molar-refractivity contribution in [2.45, 2.75) is 89.8 Å². The summed E-state index contributed by atoms with van der Waals surface area (Å²) in [6, 6.07) is 0. The predicted molar refractivity (Wildman–Crippen MR) is 102 cm³/mol. The number of unbranched alkanes of at least 4 members (excludes halogenated alkanes) is 4. The highest BCUT2D eigenvalue weighted by Gasteiger charge is 2.35. The molecule has 0 saturated heterocycles. The van der Waals surface area contributed by atoms with Gasteiger partial charge in [0.15, 0.2) is 5.78 Å². The summed E-state index contributed by atoms with van der Waals surface area (Å²) in [5.41, 5.74) is 0.655. The molecule has 0 heterocycles. The van der Waals surface area contributed by atoms with Crippen molar-refractivity contribution in [3.05, 3.63) is 23.8 Å². The molecule has 0 aliphatic heterocycles. The number of carbonyl (C=O) groups is 2. The maximum atomic E-state index is 12.1. The molecule has 5 nitrogen and oxygen atoms in total. The number of ketones is 1. The fourth-order valence-corrected chi connectivity index (χ4v) is 3.32. The van der Waals surface area contributed by atoms with E-state index in [1.54, 1.807) is 0 Å². The normalized spacial score (nSPS) is 23.2. The molecule has 0 bridgehead atoms. The fraction of sp³-hybridized carbons (Fsp3) is 0.714. The third-order valence-corrected chi connectivity index (χ3v) is 4.90. The number of aliphatic hydroxyl groups excluding tert-OH is 2. The molecule has 1 fully saturated rings. The average Bonchev–Trinajstić information content (AvgIpc) is 2.85. The first-order chi connectivity index (χ1) is 12.5. The second-order valence-corrected chi connectivity index (χ2v) is 7.19. The molecule has 1 aliphatic rings. The molecule has 0 aromatic rings. The molecule has 0 radical (unpaired) electrons. The first-order valence-corrected chi connectivity index (χ1v) is 9.91. The van der Waals surface area contributed by atoms with Gasteiger partial charge in [-0.1, -0.05) is 44.4 Å². The molecule has 0 spiro atoms. The van der Waals surface area contributed by atoms with E-state index in [2.05, 4.69) is 6.92 Å².